The van der Waals surface area contributed by atoms with Crippen LogP contribution < -0.4 is 11.1 Å². The minimum atomic E-state index is -0.512. The Morgan fingerprint density at radius 1 is 1.29 bits per heavy atom. The molecule has 1 aromatic carbocycles. The molecule has 1 atom stereocenters. The summed E-state index contributed by atoms with van der Waals surface area (Å²) in [4.78, 5) is 26.9. The summed E-state index contributed by atoms with van der Waals surface area (Å²) in [5.74, 6) is -0.155. The predicted octanol–water partition coefficient (Wildman–Crippen LogP) is 2.90. The molecule has 0 aromatic heterocycles. The Hall–Kier alpha value is -1.59. The van der Waals surface area contributed by atoms with E-state index in [1.165, 1.54) is 0 Å². The molecule has 1 aliphatic heterocycles. The van der Waals surface area contributed by atoms with Crippen LogP contribution in [0.25, 0.3) is 0 Å². The van der Waals surface area contributed by atoms with Gasteiger partial charge in [-0.2, -0.15) is 0 Å². The van der Waals surface area contributed by atoms with Crippen LogP contribution in [-0.4, -0.2) is 36.3 Å². The Morgan fingerprint density at radius 2 is 1.92 bits per heavy atom. The van der Waals surface area contributed by atoms with Crippen LogP contribution >= 0.6 is 12.4 Å². The first-order chi connectivity index (χ1) is 10.7. The Balaban J connectivity index is 0.00000288. The lowest BCUT2D eigenvalue weighted by molar-refractivity contribution is -0.123. The van der Waals surface area contributed by atoms with Gasteiger partial charge >= 0.3 is 0 Å². The zero-order chi connectivity index (χ0) is 17.3. The molecule has 0 aliphatic carbocycles. The molecule has 1 fully saturated rings. The van der Waals surface area contributed by atoms with Crippen molar-refractivity contribution >= 4 is 29.9 Å². The van der Waals surface area contributed by atoms with Crippen molar-refractivity contribution in [3.63, 3.8) is 0 Å². The largest absolute Gasteiger partial charge is 0.338 e. The van der Waals surface area contributed by atoms with Crippen molar-refractivity contribution in [1.29, 1.82) is 0 Å². The van der Waals surface area contributed by atoms with Crippen LogP contribution in [0.2, 0.25) is 0 Å². The predicted molar refractivity (Wildman–Crippen MR) is 99.5 cm³/mol. The number of para-hydroxylation sites is 1. The van der Waals surface area contributed by atoms with Crippen LogP contribution in [0.3, 0.4) is 0 Å². The van der Waals surface area contributed by atoms with Gasteiger partial charge in [0.15, 0.2) is 0 Å². The standard InChI is InChI=1S/C18H27N3O2.ClH/c1-17(2,3)16(23)20-14-8-6-5-7-13(14)15(22)21-10-9-18(4,11-19)12-21;/h5-8H,9-12,19H2,1-4H3,(H,20,23);1H. The topological polar surface area (TPSA) is 75.4 Å². The van der Waals surface area contributed by atoms with Crippen molar-refractivity contribution in [3.05, 3.63) is 29.8 Å². The molecule has 0 radical (unpaired) electrons. The van der Waals surface area contributed by atoms with E-state index in [1.807, 2.05) is 37.8 Å². The first-order valence-corrected chi connectivity index (χ1v) is 8.06. The van der Waals surface area contributed by atoms with E-state index < -0.39 is 5.41 Å². The number of amides is 2. The van der Waals surface area contributed by atoms with Crippen molar-refractivity contribution in [3.8, 4) is 0 Å². The fourth-order valence-electron chi connectivity index (χ4n) is 2.62. The van der Waals surface area contributed by atoms with Crippen molar-refractivity contribution in [2.75, 3.05) is 25.0 Å². The molecule has 1 unspecified atom stereocenters. The third-order valence-electron chi connectivity index (χ3n) is 4.42. The van der Waals surface area contributed by atoms with Gasteiger partial charge in [-0.1, -0.05) is 39.8 Å². The monoisotopic (exact) mass is 353 g/mol. The lowest BCUT2D eigenvalue weighted by atomic mass is 9.90. The van der Waals surface area contributed by atoms with Gasteiger partial charge in [-0.15, -0.1) is 12.4 Å². The first-order valence-electron chi connectivity index (χ1n) is 8.06. The molecule has 134 valence electrons. The lowest BCUT2D eigenvalue weighted by Gasteiger charge is -2.24. The summed E-state index contributed by atoms with van der Waals surface area (Å²) in [5.41, 5.74) is 6.39. The second kappa shape index (κ2) is 7.53. The van der Waals surface area contributed by atoms with Crippen LogP contribution in [-0.2, 0) is 4.79 Å². The highest BCUT2D eigenvalue weighted by molar-refractivity contribution is 6.04. The van der Waals surface area contributed by atoms with Gasteiger partial charge in [0.1, 0.15) is 0 Å². The van der Waals surface area contributed by atoms with Crippen LogP contribution in [0.15, 0.2) is 24.3 Å². The summed E-state index contributed by atoms with van der Waals surface area (Å²) in [6, 6.07) is 7.18. The van der Waals surface area contributed by atoms with Crippen LogP contribution in [0, 0.1) is 10.8 Å². The van der Waals surface area contributed by atoms with Gasteiger partial charge in [0.2, 0.25) is 5.91 Å². The maximum Gasteiger partial charge on any atom is 0.255 e. The highest BCUT2D eigenvalue weighted by Gasteiger charge is 2.36. The normalized spacial score (nSPS) is 20.5. The Kier molecular flexibility index (Phi) is 6.42. The Labute approximate surface area is 150 Å². The lowest BCUT2D eigenvalue weighted by Crippen LogP contribution is -2.35. The second-order valence-electron chi connectivity index (χ2n) is 7.74. The number of hydrogen-bond donors (Lipinski definition) is 2. The highest BCUT2D eigenvalue weighted by atomic mass is 35.5. The Morgan fingerprint density at radius 3 is 2.46 bits per heavy atom. The quantitative estimate of drug-likeness (QED) is 0.877. The number of halogens is 1. The minimum absolute atomic E-state index is 0. The van der Waals surface area contributed by atoms with E-state index in [9.17, 15) is 9.59 Å². The smallest absolute Gasteiger partial charge is 0.255 e. The summed E-state index contributed by atoms with van der Waals surface area (Å²) >= 11 is 0. The van der Waals surface area contributed by atoms with E-state index >= 15 is 0 Å². The number of carbonyl (C=O) groups is 2. The molecule has 1 aromatic rings. The molecule has 24 heavy (non-hydrogen) atoms. The SMILES string of the molecule is CC1(CN)CCN(C(=O)c2ccccc2NC(=O)C(C)(C)C)C1.Cl. The maximum absolute atomic E-state index is 12.8. The van der Waals surface area contributed by atoms with Gasteiger partial charge in [0.05, 0.1) is 11.3 Å². The third-order valence-corrected chi connectivity index (χ3v) is 4.42. The molecule has 0 spiro atoms. The van der Waals surface area contributed by atoms with Crippen LogP contribution in [0.4, 0.5) is 5.69 Å². The van der Waals surface area contributed by atoms with Gasteiger partial charge in [-0.25, -0.2) is 0 Å². The average Bonchev–Trinajstić information content (AvgIpc) is 2.89. The number of nitrogens with zero attached hydrogens (tertiary/aromatic N) is 1. The van der Waals surface area contributed by atoms with Crippen molar-refractivity contribution in [1.82, 2.24) is 4.90 Å². The molecule has 5 nitrogen and oxygen atoms in total. The van der Waals surface area contributed by atoms with Gasteiger partial charge in [-0.3, -0.25) is 9.59 Å². The van der Waals surface area contributed by atoms with Gasteiger partial charge in [0.25, 0.3) is 5.91 Å². The molecule has 0 saturated carbocycles. The Bertz CT molecular complexity index is 613. The molecule has 2 amide bonds. The van der Waals surface area contributed by atoms with E-state index in [1.54, 1.807) is 12.1 Å². The molecule has 6 heteroatoms. The summed E-state index contributed by atoms with van der Waals surface area (Å²) in [6.07, 6.45) is 0.908. The molecule has 2 rings (SSSR count). The van der Waals surface area contributed by atoms with Gasteiger partial charge in [0, 0.05) is 18.5 Å². The molecular formula is C18H28ClN3O2. The number of nitrogens with one attached hydrogen (secondary N) is 1. The van der Waals surface area contributed by atoms with E-state index in [-0.39, 0.29) is 29.6 Å². The minimum Gasteiger partial charge on any atom is -0.338 e. The number of benzene rings is 1. The number of carbonyl (C=O) groups excluding carboxylic acids is 2. The van der Waals surface area contributed by atoms with E-state index in [4.69, 9.17) is 5.73 Å². The van der Waals surface area contributed by atoms with E-state index in [2.05, 4.69) is 12.2 Å². The molecule has 1 aliphatic rings. The van der Waals surface area contributed by atoms with Crippen LogP contribution in [0.1, 0.15) is 44.5 Å². The third kappa shape index (κ3) is 4.48. The number of likely N-dealkylation sites (tertiary alicyclic amines) is 1. The number of rotatable bonds is 3. The average molecular weight is 354 g/mol. The fraction of sp³-hybridized carbons (Fsp3) is 0.556. The summed E-state index contributed by atoms with van der Waals surface area (Å²) < 4.78 is 0. The van der Waals surface area contributed by atoms with E-state index in [0.29, 0.717) is 30.9 Å². The molecule has 1 heterocycles. The number of nitrogens with two attached hydrogens (primary N) is 1. The maximum atomic E-state index is 12.8. The van der Waals surface area contributed by atoms with Crippen LogP contribution in [0.5, 0.6) is 0 Å². The summed E-state index contributed by atoms with van der Waals surface area (Å²) in [5, 5.41) is 2.88. The summed E-state index contributed by atoms with van der Waals surface area (Å²) in [7, 11) is 0. The van der Waals surface area contributed by atoms with Crippen molar-refractivity contribution in [2.24, 2.45) is 16.6 Å². The van der Waals surface area contributed by atoms with Crippen molar-refractivity contribution in [2.45, 2.75) is 34.1 Å². The van der Waals surface area contributed by atoms with Gasteiger partial charge in [-0.05, 0) is 30.5 Å². The van der Waals surface area contributed by atoms with E-state index in [0.717, 1.165) is 6.42 Å². The number of hydrogen-bond acceptors (Lipinski definition) is 3. The second-order valence-corrected chi connectivity index (χ2v) is 7.74. The van der Waals surface area contributed by atoms with Gasteiger partial charge < -0.3 is 16.0 Å². The summed E-state index contributed by atoms with van der Waals surface area (Å²) in [6.45, 7) is 9.57. The zero-order valence-corrected chi connectivity index (χ0v) is 15.7. The molecule has 0 bridgehead atoms. The molecular weight excluding hydrogens is 326 g/mol. The zero-order valence-electron chi connectivity index (χ0n) is 14.9. The highest BCUT2D eigenvalue weighted by Crippen LogP contribution is 2.31. The first kappa shape index (κ1) is 20.5. The molecule has 3 N–H and O–H groups in total. The molecule has 1 saturated heterocycles. The van der Waals surface area contributed by atoms with Crippen molar-refractivity contribution < 1.29 is 9.59 Å². The number of anilines is 1. The fourth-order valence-corrected chi connectivity index (χ4v) is 2.62.